The van der Waals surface area contributed by atoms with Crippen molar-refractivity contribution in [3.8, 4) is 34.1 Å². The van der Waals surface area contributed by atoms with Gasteiger partial charge < -0.3 is 19.3 Å². The van der Waals surface area contributed by atoms with Crippen LogP contribution in [-0.4, -0.2) is 29.7 Å². The summed E-state index contributed by atoms with van der Waals surface area (Å²) in [5, 5.41) is 14.0. The van der Waals surface area contributed by atoms with E-state index in [2.05, 4.69) is 30.0 Å². The summed E-state index contributed by atoms with van der Waals surface area (Å²) < 4.78 is 8.24. The minimum absolute atomic E-state index is 0.244. The number of halogens is 2. The van der Waals surface area contributed by atoms with Crippen molar-refractivity contribution in [1.82, 2.24) is 29.7 Å². The summed E-state index contributed by atoms with van der Waals surface area (Å²) in [6, 6.07) is 27.6. The van der Waals surface area contributed by atoms with Gasteiger partial charge in [-0.1, -0.05) is 76.8 Å². The molecule has 0 aliphatic carbocycles. The molecule has 0 saturated carbocycles. The van der Waals surface area contributed by atoms with Crippen molar-refractivity contribution in [1.29, 1.82) is 0 Å². The molecule has 8 nitrogen and oxygen atoms in total. The second-order valence-electron chi connectivity index (χ2n) is 9.41. The van der Waals surface area contributed by atoms with Crippen LogP contribution in [0.2, 0.25) is 10.0 Å². The Morgan fingerprint density at radius 2 is 1.71 bits per heavy atom. The SMILES string of the molecule is Clc1ccc(Cn2cnc(-c3ccccc3)c2-c2c(-c3nnc(Nc4cccnc4)o3)[nH]c3cc(Cl)ccc23)cc1. The lowest BCUT2D eigenvalue weighted by Crippen LogP contribution is -2.01. The number of benzene rings is 3. The molecule has 0 aliphatic rings. The van der Waals surface area contributed by atoms with E-state index < -0.39 is 0 Å². The molecule has 0 radical (unpaired) electrons. The Kier molecular flexibility index (Phi) is 6.47. The largest absolute Gasteiger partial charge is 0.401 e. The summed E-state index contributed by atoms with van der Waals surface area (Å²) in [5.74, 6) is 0.317. The first-order valence-electron chi connectivity index (χ1n) is 12.8. The Bertz CT molecular complexity index is 1960. The molecule has 4 heterocycles. The third kappa shape index (κ3) is 4.95. The Morgan fingerprint density at radius 3 is 2.51 bits per heavy atom. The molecule has 0 fully saturated rings. The number of hydrogen-bond donors (Lipinski definition) is 2. The van der Waals surface area contributed by atoms with Crippen LogP contribution in [0.5, 0.6) is 0 Å². The highest BCUT2D eigenvalue weighted by Crippen LogP contribution is 2.43. The van der Waals surface area contributed by atoms with Gasteiger partial charge in [0, 0.05) is 44.8 Å². The molecule has 0 unspecified atom stereocenters. The van der Waals surface area contributed by atoms with Gasteiger partial charge >= 0.3 is 6.01 Å². The van der Waals surface area contributed by atoms with Crippen molar-refractivity contribution in [2.24, 2.45) is 0 Å². The number of aromatic amines is 1. The molecule has 0 bridgehead atoms. The number of fused-ring (bicyclic) bond motifs is 1. The van der Waals surface area contributed by atoms with Crippen LogP contribution in [0.4, 0.5) is 11.7 Å². The molecule has 0 spiro atoms. The third-order valence-electron chi connectivity index (χ3n) is 6.70. The van der Waals surface area contributed by atoms with E-state index in [1.54, 1.807) is 12.4 Å². The standard InChI is InChI=1S/C31H21Cl2N7O/c32-21-10-8-19(9-11-21)17-40-18-35-27(20-5-2-1-3-6-20)29(40)26-24-13-12-22(33)15-25(24)37-28(26)30-38-39-31(41-30)36-23-7-4-14-34-16-23/h1-16,18,37H,17H2,(H,36,39). The summed E-state index contributed by atoms with van der Waals surface area (Å²) in [5.41, 5.74) is 6.88. The predicted molar refractivity (Wildman–Crippen MR) is 161 cm³/mol. The molecular weight excluding hydrogens is 557 g/mol. The number of nitrogens with one attached hydrogen (secondary N) is 2. The van der Waals surface area contributed by atoms with E-state index >= 15 is 0 Å². The number of nitrogens with zero attached hydrogens (tertiary/aromatic N) is 5. The molecule has 3 aromatic carbocycles. The number of imidazole rings is 1. The van der Waals surface area contributed by atoms with E-state index in [1.807, 2.05) is 91.3 Å². The van der Waals surface area contributed by atoms with Crippen LogP contribution in [0, 0.1) is 0 Å². The van der Waals surface area contributed by atoms with Gasteiger partial charge in [-0.05, 0) is 42.0 Å². The number of aromatic nitrogens is 6. The van der Waals surface area contributed by atoms with Crippen LogP contribution in [0.1, 0.15) is 5.56 Å². The van der Waals surface area contributed by atoms with Gasteiger partial charge in [0.25, 0.3) is 5.89 Å². The lowest BCUT2D eigenvalue weighted by molar-refractivity contribution is 0.586. The van der Waals surface area contributed by atoms with Crippen molar-refractivity contribution in [3.05, 3.63) is 119 Å². The van der Waals surface area contributed by atoms with E-state index in [4.69, 9.17) is 32.6 Å². The van der Waals surface area contributed by atoms with E-state index in [0.29, 0.717) is 28.2 Å². The molecule has 41 heavy (non-hydrogen) atoms. The van der Waals surface area contributed by atoms with Gasteiger partial charge in [-0.3, -0.25) is 4.98 Å². The number of rotatable bonds is 7. The zero-order chi connectivity index (χ0) is 27.8. The summed E-state index contributed by atoms with van der Waals surface area (Å²) >= 11 is 12.6. The van der Waals surface area contributed by atoms with Crippen LogP contribution in [-0.2, 0) is 6.54 Å². The van der Waals surface area contributed by atoms with Crippen LogP contribution >= 0.6 is 23.2 Å². The van der Waals surface area contributed by atoms with E-state index in [1.165, 1.54) is 0 Å². The van der Waals surface area contributed by atoms with Gasteiger partial charge in [0.1, 0.15) is 5.69 Å². The molecule has 0 aliphatic heterocycles. The lowest BCUT2D eigenvalue weighted by Gasteiger charge is -2.12. The van der Waals surface area contributed by atoms with Gasteiger partial charge in [0.15, 0.2) is 0 Å². The van der Waals surface area contributed by atoms with Crippen LogP contribution in [0.25, 0.3) is 45.0 Å². The average molecular weight is 578 g/mol. The van der Waals surface area contributed by atoms with Gasteiger partial charge in [-0.15, -0.1) is 5.10 Å². The highest BCUT2D eigenvalue weighted by atomic mass is 35.5. The smallest absolute Gasteiger partial charge is 0.320 e. The molecule has 10 heteroatoms. The van der Waals surface area contributed by atoms with Gasteiger partial charge in [-0.2, -0.15) is 0 Å². The van der Waals surface area contributed by atoms with Crippen molar-refractivity contribution in [3.63, 3.8) is 0 Å². The van der Waals surface area contributed by atoms with Gasteiger partial charge in [0.05, 0.1) is 29.6 Å². The minimum atomic E-state index is 0.244. The van der Waals surface area contributed by atoms with E-state index in [-0.39, 0.29) is 6.01 Å². The Hall–Kier alpha value is -4.92. The van der Waals surface area contributed by atoms with E-state index in [0.717, 1.165) is 44.7 Å². The molecule has 7 aromatic rings. The number of hydrogen-bond acceptors (Lipinski definition) is 6. The zero-order valence-corrected chi connectivity index (χ0v) is 22.9. The maximum absolute atomic E-state index is 6.41. The second-order valence-corrected chi connectivity index (χ2v) is 10.3. The molecule has 7 rings (SSSR count). The number of pyridine rings is 1. The second kappa shape index (κ2) is 10.6. The van der Waals surface area contributed by atoms with Crippen molar-refractivity contribution >= 4 is 45.8 Å². The molecule has 4 aromatic heterocycles. The maximum Gasteiger partial charge on any atom is 0.320 e. The highest BCUT2D eigenvalue weighted by Gasteiger charge is 2.26. The third-order valence-corrected chi connectivity index (χ3v) is 7.19. The first-order chi connectivity index (χ1) is 20.1. The molecule has 0 saturated heterocycles. The fraction of sp³-hybridized carbons (Fsp3) is 0.0323. The van der Waals surface area contributed by atoms with Gasteiger partial charge in [-0.25, -0.2) is 4.98 Å². The molecule has 200 valence electrons. The summed E-state index contributed by atoms with van der Waals surface area (Å²) in [7, 11) is 0. The molecular formula is C31H21Cl2N7O. The minimum Gasteiger partial charge on any atom is -0.401 e. The van der Waals surface area contributed by atoms with Crippen LogP contribution < -0.4 is 5.32 Å². The fourth-order valence-electron chi connectivity index (χ4n) is 4.87. The topological polar surface area (TPSA) is 97.5 Å². The lowest BCUT2D eigenvalue weighted by atomic mass is 10.0. The van der Waals surface area contributed by atoms with Crippen molar-refractivity contribution in [2.45, 2.75) is 6.54 Å². The predicted octanol–water partition coefficient (Wildman–Crippen LogP) is 8.24. The first kappa shape index (κ1) is 25.1. The normalized spacial score (nSPS) is 11.3. The average Bonchev–Trinajstić information content (AvgIpc) is 3.72. The van der Waals surface area contributed by atoms with Gasteiger partial charge in [0.2, 0.25) is 0 Å². The molecule has 0 amide bonds. The zero-order valence-electron chi connectivity index (χ0n) is 21.4. The Balaban J connectivity index is 1.43. The van der Waals surface area contributed by atoms with E-state index in [9.17, 15) is 0 Å². The maximum atomic E-state index is 6.41. The highest BCUT2D eigenvalue weighted by molar-refractivity contribution is 6.31. The number of H-pyrrole nitrogens is 1. The van der Waals surface area contributed by atoms with Crippen molar-refractivity contribution < 1.29 is 4.42 Å². The van der Waals surface area contributed by atoms with Crippen molar-refractivity contribution in [2.75, 3.05) is 5.32 Å². The summed E-state index contributed by atoms with van der Waals surface area (Å²) in [6.45, 7) is 0.573. The monoisotopic (exact) mass is 577 g/mol. The van der Waals surface area contributed by atoms with Crippen LogP contribution in [0.15, 0.2) is 108 Å². The molecule has 2 N–H and O–H groups in total. The number of anilines is 2. The first-order valence-corrected chi connectivity index (χ1v) is 13.6. The Morgan fingerprint density at radius 1 is 0.878 bits per heavy atom. The van der Waals surface area contributed by atoms with Crippen LogP contribution in [0.3, 0.4) is 0 Å². The Labute approximate surface area is 244 Å². The summed E-state index contributed by atoms with van der Waals surface area (Å²) in [6.07, 6.45) is 5.24. The summed E-state index contributed by atoms with van der Waals surface area (Å²) in [4.78, 5) is 12.5. The fourth-order valence-corrected chi connectivity index (χ4v) is 5.17. The quantitative estimate of drug-likeness (QED) is 0.198. The molecule has 0 atom stereocenters.